The molecule has 0 fully saturated rings. The molecule has 1 aromatic carbocycles. The quantitative estimate of drug-likeness (QED) is 0.691. The topological polar surface area (TPSA) is 44.8 Å². The monoisotopic (exact) mass is 224 g/mol. The zero-order valence-corrected chi connectivity index (χ0v) is 9.56. The fraction of sp³-hybridized carbons (Fsp3) is 0.417. The van der Waals surface area contributed by atoms with E-state index in [9.17, 15) is 4.79 Å². The van der Waals surface area contributed by atoms with Gasteiger partial charge in [0.2, 0.25) is 0 Å². The molecule has 0 aliphatic carbocycles. The summed E-state index contributed by atoms with van der Waals surface area (Å²) < 4.78 is 14.9. The minimum Gasteiger partial charge on any atom is -0.493 e. The first-order valence-corrected chi connectivity index (χ1v) is 5.03. The van der Waals surface area contributed by atoms with Gasteiger partial charge in [-0.25, -0.2) is 0 Å². The molecule has 1 aromatic rings. The van der Waals surface area contributed by atoms with E-state index in [0.717, 1.165) is 11.3 Å². The lowest BCUT2D eigenvalue weighted by molar-refractivity contribution is -0.141. The Morgan fingerprint density at radius 2 is 2.12 bits per heavy atom. The van der Waals surface area contributed by atoms with Gasteiger partial charge in [-0.05, 0) is 17.7 Å². The van der Waals surface area contributed by atoms with E-state index in [2.05, 4.69) is 4.74 Å². The Balaban J connectivity index is 2.41. The van der Waals surface area contributed by atoms with Crippen molar-refractivity contribution in [2.24, 2.45) is 0 Å². The molecule has 4 heteroatoms. The Bertz CT molecular complexity index is 336. The Morgan fingerprint density at radius 3 is 2.81 bits per heavy atom. The van der Waals surface area contributed by atoms with Crippen LogP contribution < -0.4 is 4.74 Å². The Labute approximate surface area is 95.1 Å². The van der Waals surface area contributed by atoms with E-state index in [1.165, 1.54) is 7.11 Å². The predicted octanol–water partition coefficient (Wildman–Crippen LogP) is 1.77. The van der Waals surface area contributed by atoms with Crippen LogP contribution in [0.15, 0.2) is 24.3 Å². The second kappa shape index (κ2) is 6.85. The molecule has 0 aromatic heterocycles. The van der Waals surface area contributed by atoms with E-state index in [0.29, 0.717) is 13.2 Å². The maximum Gasteiger partial charge on any atom is 0.308 e. The SMILES string of the molecule is COCc1cccc(OCCC(=O)OC)c1. The van der Waals surface area contributed by atoms with Crippen molar-refractivity contribution in [3.63, 3.8) is 0 Å². The molecular formula is C12H16O4. The molecule has 0 radical (unpaired) electrons. The van der Waals surface area contributed by atoms with Crippen LogP contribution >= 0.6 is 0 Å². The summed E-state index contributed by atoms with van der Waals surface area (Å²) >= 11 is 0. The van der Waals surface area contributed by atoms with Crippen molar-refractivity contribution >= 4 is 5.97 Å². The summed E-state index contributed by atoms with van der Waals surface area (Å²) in [5, 5.41) is 0. The number of carbonyl (C=O) groups is 1. The number of carbonyl (C=O) groups excluding carboxylic acids is 1. The number of ether oxygens (including phenoxy) is 3. The fourth-order valence-corrected chi connectivity index (χ4v) is 1.25. The number of methoxy groups -OCH3 is 2. The van der Waals surface area contributed by atoms with Crippen molar-refractivity contribution in [1.82, 2.24) is 0 Å². The van der Waals surface area contributed by atoms with Gasteiger partial charge in [0.05, 0.1) is 26.7 Å². The lowest BCUT2D eigenvalue weighted by Gasteiger charge is -2.07. The lowest BCUT2D eigenvalue weighted by Crippen LogP contribution is -2.07. The predicted molar refractivity (Wildman–Crippen MR) is 59.3 cm³/mol. The molecule has 0 aliphatic heterocycles. The molecule has 0 saturated heterocycles. The molecule has 0 amide bonds. The van der Waals surface area contributed by atoms with Crippen LogP contribution in [-0.2, 0) is 20.9 Å². The third-order valence-electron chi connectivity index (χ3n) is 2.01. The standard InChI is InChI=1S/C12H16O4/c1-14-9-10-4-3-5-11(8-10)16-7-6-12(13)15-2/h3-5,8H,6-7,9H2,1-2H3. The normalized spacial score (nSPS) is 9.88. The lowest BCUT2D eigenvalue weighted by atomic mass is 10.2. The highest BCUT2D eigenvalue weighted by Gasteiger charge is 2.01. The summed E-state index contributed by atoms with van der Waals surface area (Å²) in [5.74, 6) is 0.464. The van der Waals surface area contributed by atoms with Crippen LogP contribution in [0.3, 0.4) is 0 Å². The zero-order valence-electron chi connectivity index (χ0n) is 9.56. The van der Waals surface area contributed by atoms with Crippen LogP contribution in [0.2, 0.25) is 0 Å². The smallest absolute Gasteiger partial charge is 0.308 e. The maximum atomic E-state index is 10.8. The first-order chi connectivity index (χ1) is 7.76. The fourth-order valence-electron chi connectivity index (χ4n) is 1.25. The van der Waals surface area contributed by atoms with Gasteiger partial charge in [-0.3, -0.25) is 4.79 Å². The highest BCUT2D eigenvalue weighted by molar-refractivity contribution is 5.69. The van der Waals surface area contributed by atoms with Crippen LogP contribution in [0.5, 0.6) is 5.75 Å². The largest absolute Gasteiger partial charge is 0.493 e. The first kappa shape index (κ1) is 12.5. The first-order valence-electron chi connectivity index (χ1n) is 5.03. The molecular weight excluding hydrogens is 208 g/mol. The van der Waals surface area contributed by atoms with Crippen molar-refractivity contribution in [3.8, 4) is 5.75 Å². The maximum absolute atomic E-state index is 10.8. The molecule has 0 heterocycles. The molecule has 16 heavy (non-hydrogen) atoms. The molecule has 0 N–H and O–H groups in total. The Morgan fingerprint density at radius 1 is 1.31 bits per heavy atom. The molecule has 0 bridgehead atoms. The summed E-state index contributed by atoms with van der Waals surface area (Å²) in [6, 6.07) is 7.58. The molecule has 1 rings (SSSR count). The van der Waals surface area contributed by atoms with Gasteiger partial charge in [0, 0.05) is 7.11 Å². The zero-order chi connectivity index (χ0) is 11.8. The van der Waals surface area contributed by atoms with Crippen LogP contribution in [-0.4, -0.2) is 26.8 Å². The van der Waals surface area contributed by atoms with E-state index in [1.54, 1.807) is 7.11 Å². The average Bonchev–Trinajstić information content (AvgIpc) is 2.30. The van der Waals surface area contributed by atoms with E-state index in [4.69, 9.17) is 9.47 Å². The van der Waals surface area contributed by atoms with Crippen molar-refractivity contribution in [3.05, 3.63) is 29.8 Å². The van der Waals surface area contributed by atoms with Crippen molar-refractivity contribution in [2.45, 2.75) is 13.0 Å². The van der Waals surface area contributed by atoms with Gasteiger partial charge < -0.3 is 14.2 Å². The van der Waals surface area contributed by atoms with Gasteiger partial charge in [-0.2, -0.15) is 0 Å². The summed E-state index contributed by atoms with van der Waals surface area (Å²) in [6.07, 6.45) is 0.255. The van der Waals surface area contributed by atoms with E-state index < -0.39 is 0 Å². The molecule has 0 aliphatic rings. The van der Waals surface area contributed by atoms with Gasteiger partial charge in [-0.15, -0.1) is 0 Å². The minimum absolute atomic E-state index is 0.255. The molecule has 0 saturated carbocycles. The molecule has 0 unspecified atom stereocenters. The number of esters is 1. The number of hydrogen-bond donors (Lipinski definition) is 0. The average molecular weight is 224 g/mol. The minimum atomic E-state index is -0.270. The molecule has 88 valence electrons. The second-order valence-electron chi connectivity index (χ2n) is 3.26. The summed E-state index contributed by atoms with van der Waals surface area (Å²) in [7, 11) is 3.01. The molecule has 0 atom stereocenters. The van der Waals surface area contributed by atoms with Crippen LogP contribution in [0.1, 0.15) is 12.0 Å². The van der Waals surface area contributed by atoms with Crippen molar-refractivity contribution in [1.29, 1.82) is 0 Å². The third kappa shape index (κ3) is 4.31. The van der Waals surface area contributed by atoms with Crippen LogP contribution in [0, 0.1) is 0 Å². The second-order valence-corrected chi connectivity index (χ2v) is 3.26. The van der Waals surface area contributed by atoms with E-state index >= 15 is 0 Å². The number of hydrogen-bond acceptors (Lipinski definition) is 4. The molecule has 0 spiro atoms. The summed E-state index contributed by atoms with van der Waals surface area (Å²) in [5.41, 5.74) is 1.04. The highest BCUT2D eigenvalue weighted by Crippen LogP contribution is 2.14. The van der Waals surface area contributed by atoms with Crippen molar-refractivity contribution < 1.29 is 19.0 Å². The summed E-state index contributed by atoms with van der Waals surface area (Å²) in [6.45, 7) is 0.872. The third-order valence-corrected chi connectivity index (χ3v) is 2.01. The highest BCUT2D eigenvalue weighted by atomic mass is 16.5. The Hall–Kier alpha value is -1.55. The van der Waals surface area contributed by atoms with E-state index in [1.807, 2.05) is 24.3 Å². The molecule has 4 nitrogen and oxygen atoms in total. The van der Waals surface area contributed by atoms with Gasteiger partial charge in [0.25, 0.3) is 0 Å². The van der Waals surface area contributed by atoms with Gasteiger partial charge in [0.1, 0.15) is 5.75 Å². The Kier molecular flexibility index (Phi) is 5.36. The summed E-state index contributed by atoms with van der Waals surface area (Å²) in [4.78, 5) is 10.8. The number of benzene rings is 1. The van der Waals surface area contributed by atoms with Gasteiger partial charge in [-0.1, -0.05) is 12.1 Å². The van der Waals surface area contributed by atoms with Gasteiger partial charge in [0.15, 0.2) is 0 Å². The van der Waals surface area contributed by atoms with E-state index in [-0.39, 0.29) is 12.4 Å². The van der Waals surface area contributed by atoms with Crippen molar-refractivity contribution in [2.75, 3.05) is 20.8 Å². The van der Waals surface area contributed by atoms with Crippen LogP contribution in [0.4, 0.5) is 0 Å². The number of rotatable bonds is 6. The van der Waals surface area contributed by atoms with Gasteiger partial charge >= 0.3 is 5.97 Å². The van der Waals surface area contributed by atoms with Crippen LogP contribution in [0.25, 0.3) is 0 Å².